The first-order valence-corrected chi connectivity index (χ1v) is 8.26. The molecule has 1 aromatic carbocycles. The number of nitrogens with two attached hydrogens (primary N) is 1. The highest BCUT2D eigenvalue weighted by molar-refractivity contribution is 5.61. The van der Waals surface area contributed by atoms with Crippen LogP contribution >= 0.6 is 0 Å². The fourth-order valence-electron chi connectivity index (χ4n) is 3.80. The molecule has 2 N–H and O–H groups in total. The van der Waals surface area contributed by atoms with Gasteiger partial charge in [0.2, 0.25) is 0 Å². The molecule has 116 valence electrons. The van der Waals surface area contributed by atoms with Crippen molar-refractivity contribution in [2.75, 3.05) is 24.6 Å². The Balaban J connectivity index is 1.94. The third kappa shape index (κ3) is 2.76. The van der Waals surface area contributed by atoms with Crippen molar-refractivity contribution < 1.29 is 4.74 Å². The van der Waals surface area contributed by atoms with Crippen LogP contribution in [0.2, 0.25) is 0 Å². The Labute approximate surface area is 128 Å². The molecule has 0 spiro atoms. The average molecular weight is 288 g/mol. The summed E-state index contributed by atoms with van der Waals surface area (Å²) in [5.41, 5.74) is 8.09. The van der Waals surface area contributed by atoms with E-state index in [4.69, 9.17) is 10.5 Å². The van der Waals surface area contributed by atoms with E-state index in [1.807, 2.05) is 0 Å². The van der Waals surface area contributed by atoms with Gasteiger partial charge in [0.1, 0.15) is 5.75 Å². The zero-order valence-corrected chi connectivity index (χ0v) is 13.4. The van der Waals surface area contributed by atoms with Crippen LogP contribution in [0.25, 0.3) is 0 Å². The highest BCUT2D eigenvalue weighted by Gasteiger charge is 2.42. The number of anilines is 1. The lowest BCUT2D eigenvalue weighted by Crippen LogP contribution is -2.57. The van der Waals surface area contributed by atoms with Gasteiger partial charge in [0.25, 0.3) is 0 Å². The molecule has 0 aromatic heterocycles. The van der Waals surface area contributed by atoms with Crippen LogP contribution in [-0.2, 0) is 0 Å². The quantitative estimate of drug-likeness (QED) is 0.904. The maximum atomic E-state index is 6.28. The predicted molar refractivity (Wildman–Crippen MR) is 87.9 cm³/mol. The monoisotopic (exact) mass is 288 g/mol. The van der Waals surface area contributed by atoms with Crippen molar-refractivity contribution in [2.45, 2.75) is 51.5 Å². The number of nitrogens with zero attached hydrogens (tertiary/aromatic N) is 1. The molecule has 21 heavy (non-hydrogen) atoms. The second-order valence-electron chi connectivity index (χ2n) is 7.41. The molecule has 1 aliphatic heterocycles. The van der Waals surface area contributed by atoms with Crippen LogP contribution in [0, 0.1) is 5.41 Å². The minimum atomic E-state index is 0.110. The van der Waals surface area contributed by atoms with Crippen molar-refractivity contribution in [2.24, 2.45) is 11.1 Å². The molecule has 0 radical (unpaired) electrons. The molecule has 0 unspecified atom stereocenters. The first-order valence-electron chi connectivity index (χ1n) is 8.26. The van der Waals surface area contributed by atoms with Gasteiger partial charge >= 0.3 is 0 Å². The van der Waals surface area contributed by atoms with Gasteiger partial charge in [-0.25, -0.2) is 0 Å². The summed E-state index contributed by atoms with van der Waals surface area (Å²) in [5, 5.41) is 0. The number of benzene rings is 1. The van der Waals surface area contributed by atoms with E-state index in [0.29, 0.717) is 5.41 Å². The second-order valence-corrected chi connectivity index (χ2v) is 7.41. The van der Waals surface area contributed by atoms with Crippen molar-refractivity contribution in [1.29, 1.82) is 0 Å². The summed E-state index contributed by atoms with van der Waals surface area (Å²) in [6.45, 7) is 7.35. The average Bonchev–Trinajstić information content (AvgIpc) is 2.71. The Morgan fingerprint density at radius 3 is 2.57 bits per heavy atom. The molecular weight excluding hydrogens is 260 g/mol. The fraction of sp³-hybridized carbons (Fsp3) is 0.667. The Morgan fingerprint density at radius 2 is 1.86 bits per heavy atom. The Hall–Kier alpha value is -1.22. The topological polar surface area (TPSA) is 38.5 Å². The molecule has 2 aliphatic rings. The smallest absolute Gasteiger partial charge is 0.142 e. The van der Waals surface area contributed by atoms with Crippen LogP contribution < -0.4 is 15.4 Å². The van der Waals surface area contributed by atoms with E-state index in [-0.39, 0.29) is 5.54 Å². The van der Waals surface area contributed by atoms with Crippen LogP contribution in [0.5, 0.6) is 5.75 Å². The lowest BCUT2D eigenvalue weighted by Gasteiger charge is -2.50. The largest absolute Gasteiger partial charge is 0.491 e. The van der Waals surface area contributed by atoms with E-state index >= 15 is 0 Å². The van der Waals surface area contributed by atoms with Gasteiger partial charge in [-0.1, -0.05) is 26.0 Å². The number of rotatable bonds is 2. The van der Waals surface area contributed by atoms with Crippen LogP contribution in [0.1, 0.15) is 46.0 Å². The van der Waals surface area contributed by atoms with Gasteiger partial charge in [-0.05, 0) is 49.7 Å². The van der Waals surface area contributed by atoms with Gasteiger partial charge in [-0.2, -0.15) is 0 Å². The van der Waals surface area contributed by atoms with Gasteiger partial charge in [0, 0.05) is 13.1 Å². The number of fused-ring (bicyclic) bond motifs is 1. The highest BCUT2D eigenvalue weighted by Crippen LogP contribution is 2.46. The van der Waals surface area contributed by atoms with E-state index in [1.165, 1.54) is 31.4 Å². The molecule has 1 aliphatic carbocycles. The van der Waals surface area contributed by atoms with Crippen molar-refractivity contribution in [1.82, 2.24) is 0 Å². The number of para-hydroxylation sites is 2. The predicted octanol–water partition coefficient (Wildman–Crippen LogP) is 3.57. The number of hydrogen-bond acceptors (Lipinski definition) is 3. The summed E-state index contributed by atoms with van der Waals surface area (Å²) in [6.07, 6.45) is 5.95. The van der Waals surface area contributed by atoms with Gasteiger partial charge in [-0.3, -0.25) is 0 Å². The normalized spacial score (nSPS) is 23.9. The minimum absolute atomic E-state index is 0.110. The molecule has 3 nitrogen and oxygen atoms in total. The number of hydrogen-bond donors (Lipinski definition) is 1. The SMILES string of the molecule is CC1(C)CCC(CN)(N2CCCOc3ccccc32)CC1. The van der Waals surface area contributed by atoms with Crippen molar-refractivity contribution in [3.05, 3.63) is 24.3 Å². The second kappa shape index (κ2) is 5.53. The number of ether oxygens (including phenoxy) is 1. The first kappa shape index (κ1) is 14.7. The lowest BCUT2D eigenvalue weighted by atomic mass is 9.68. The molecule has 1 fully saturated rings. The third-order valence-electron chi connectivity index (χ3n) is 5.43. The van der Waals surface area contributed by atoms with Gasteiger partial charge < -0.3 is 15.4 Å². The van der Waals surface area contributed by atoms with E-state index < -0.39 is 0 Å². The van der Waals surface area contributed by atoms with Crippen molar-refractivity contribution >= 4 is 5.69 Å². The molecule has 1 heterocycles. The van der Waals surface area contributed by atoms with E-state index in [0.717, 1.165) is 31.9 Å². The summed E-state index contributed by atoms with van der Waals surface area (Å²) in [4.78, 5) is 2.56. The van der Waals surface area contributed by atoms with Crippen LogP contribution in [0.3, 0.4) is 0 Å². The fourth-order valence-corrected chi connectivity index (χ4v) is 3.80. The zero-order chi connectivity index (χ0) is 14.9. The summed E-state index contributed by atoms with van der Waals surface area (Å²) in [6, 6.07) is 8.45. The Bertz CT molecular complexity index is 488. The van der Waals surface area contributed by atoms with E-state index in [9.17, 15) is 0 Å². The van der Waals surface area contributed by atoms with Crippen molar-refractivity contribution in [3.63, 3.8) is 0 Å². The molecule has 0 atom stereocenters. The maximum absolute atomic E-state index is 6.28. The molecule has 1 saturated carbocycles. The molecule has 0 amide bonds. The summed E-state index contributed by atoms with van der Waals surface area (Å²) in [7, 11) is 0. The summed E-state index contributed by atoms with van der Waals surface area (Å²) >= 11 is 0. The molecule has 3 rings (SSSR count). The van der Waals surface area contributed by atoms with Gasteiger partial charge in [0.15, 0.2) is 0 Å². The third-order valence-corrected chi connectivity index (χ3v) is 5.43. The standard InChI is InChI=1S/C18H28N2O/c1-17(2)8-10-18(14-19,11-9-17)20-12-5-13-21-16-7-4-3-6-15(16)20/h3-4,6-7H,5,8-14,19H2,1-2H3. The first-order chi connectivity index (χ1) is 10.1. The van der Waals surface area contributed by atoms with E-state index in [1.54, 1.807) is 0 Å². The lowest BCUT2D eigenvalue weighted by molar-refractivity contribution is 0.161. The van der Waals surface area contributed by atoms with Gasteiger partial charge in [-0.15, -0.1) is 0 Å². The molecule has 0 saturated heterocycles. The highest BCUT2D eigenvalue weighted by atomic mass is 16.5. The van der Waals surface area contributed by atoms with Gasteiger partial charge in [0.05, 0.1) is 17.8 Å². The van der Waals surface area contributed by atoms with Crippen LogP contribution in [-0.4, -0.2) is 25.2 Å². The molecular formula is C18H28N2O. The molecule has 1 aromatic rings. The minimum Gasteiger partial charge on any atom is -0.491 e. The maximum Gasteiger partial charge on any atom is 0.142 e. The summed E-state index contributed by atoms with van der Waals surface area (Å²) in [5.74, 6) is 1.02. The van der Waals surface area contributed by atoms with Crippen LogP contribution in [0.15, 0.2) is 24.3 Å². The molecule has 3 heteroatoms. The van der Waals surface area contributed by atoms with Crippen molar-refractivity contribution in [3.8, 4) is 5.75 Å². The van der Waals surface area contributed by atoms with E-state index in [2.05, 4.69) is 43.0 Å². The van der Waals surface area contributed by atoms with Crippen LogP contribution in [0.4, 0.5) is 5.69 Å². The molecule has 0 bridgehead atoms. The summed E-state index contributed by atoms with van der Waals surface area (Å²) < 4.78 is 5.92. The Morgan fingerprint density at radius 1 is 1.14 bits per heavy atom. The zero-order valence-electron chi connectivity index (χ0n) is 13.4. The Kier molecular flexibility index (Phi) is 3.87.